The van der Waals surface area contributed by atoms with Gasteiger partial charge >= 0.3 is 0 Å². The van der Waals surface area contributed by atoms with E-state index in [2.05, 4.69) is 19.9 Å². The highest BCUT2D eigenvalue weighted by molar-refractivity contribution is 7.07. The molecule has 0 aromatic carbocycles. The smallest absolute Gasteiger partial charge is 0.136 e. The Morgan fingerprint density at radius 1 is 1.44 bits per heavy atom. The third-order valence-corrected chi connectivity index (χ3v) is 3.60. The van der Waals surface area contributed by atoms with Gasteiger partial charge in [-0.05, 0) is 12.8 Å². The lowest BCUT2D eigenvalue weighted by Crippen LogP contribution is -2.19. The molecule has 1 aliphatic carbocycles. The predicted molar refractivity (Wildman–Crippen MR) is 72.6 cm³/mol. The molecule has 0 aliphatic heterocycles. The summed E-state index contributed by atoms with van der Waals surface area (Å²) in [7, 11) is 2.00. The van der Waals surface area contributed by atoms with Crippen LogP contribution in [0.25, 0.3) is 0 Å². The van der Waals surface area contributed by atoms with Gasteiger partial charge in [0.25, 0.3) is 0 Å². The molecular weight excluding hydrogens is 246 g/mol. The Kier molecular flexibility index (Phi) is 2.87. The minimum Gasteiger partial charge on any atom is -0.384 e. The number of nitrogens with two attached hydrogens (primary N) is 1. The lowest BCUT2D eigenvalue weighted by Gasteiger charge is -2.17. The Balaban J connectivity index is 1.81. The van der Waals surface area contributed by atoms with Crippen molar-refractivity contribution in [2.75, 3.05) is 17.7 Å². The van der Waals surface area contributed by atoms with Crippen molar-refractivity contribution in [2.24, 2.45) is 0 Å². The van der Waals surface area contributed by atoms with Gasteiger partial charge in [0.1, 0.15) is 17.5 Å². The van der Waals surface area contributed by atoms with E-state index in [1.807, 2.05) is 24.0 Å². The first-order chi connectivity index (χ1) is 8.72. The normalized spacial score (nSPS) is 14.7. The first kappa shape index (κ1) is 11.4. The molecule has 2 N–H and O–H groups in total. The van der Waals surface area contributed by atoms with Crippen LogP contribution in [0, 0.1) is 0 Å². The van der Waals surface area contributed by atoms with Gasteiger partial charge in [0.05, 0.1) is 17.7 Å². The van der Waals surface area contributed by atoms with Gasteiger partial charge in [0.15, 0.2) is 0 Å². The summed E-state index contributed by atoms with van der Waals surface area (Å²) >= 11 is 1.60. The molecule has 94 valence electrons. The third-order valence-electron chi connectivity index (χ3n) is 2.97. The Morgan fingerprint density at radius 2 is 2.28 bits per heavy atom. The van der Waals surface area contributed by atoms with E-state index < -0.39 is 0 Å². The van der Waals surface area contributed by atoms with Gasteiger partial charge in [-0.2, -0.15) is 0 Å². The highest BCUT2D eigenvalue weighted by Crippen LogP contribution is 2.38. The van der Waals surface area contributed by atoms with E-state index in [1.165, 1.54) is 12.8 Å². The van der Waals surface area contributed by atoms with Crippen molar-refractivity contribution in [2.45, 2.75) is 25.3 Å². The van der Waals surface area contributed by atoms with Crippen molar-refractivity contribution in [1.82, 2.24) is 15.0 Å². The molecule has 3 rings (SSSR count). The second kappa shape index (κ2) is 4.53. The average molecular weight is 261 g/mol. The molecule has 1 saturated carbocycles. The van der Waals surface area contributed by atoms with E-state index in [-0.39, 0.29) is 0 Å². The standard InChI is InChI=1S/C12H15N5S/c1-17(5-9-6-18-7-14-9)11-4-10(13)15-12(16-11)8-2-3-8/h4,6-8H,2-3,5H2,1H3,(H2,13,15,16). The van der Waals surface area contributed by atoms with Crippen LogP contribution in [0.15, 0.2) is 17.0 Å². The van der Waals surface area contributed by atoms with Gasteiger partial charge in [0, 0.05) is 24.4 Å². The SMILES string of the molecule is CN(Cc1cscn1)c1cc(N)nc(C2CC2)n1. The summed E-state index contributed by atoms with van der Waals surface area (Å²) in [4.78, 5) is 15.2. The fourth-order valence-electron chi connectivity index (χ4n) is 1.83. The molecule has 0 unspecified atom stereocenters. The maximum absolute atomic E-state index is 5.84. The predicted octanol–water partition coefficient (Wildman–Crippen LogP) is 2.03. The van der Waals surface area contributed by atoms with Crippen molar-refractivity contribution in [1.29, 1.82) is 0 Å². The van der Waals surface area contributed by atoms with E-state index in [0.717, 1.165) is 23.9 Å². The maximum Gasteiger partial charge on any atom is 0.136 e. The summed E-state index contributed by atoms with van der Waals surface area (Å²) in [6.07, 6.45) is 2.36. The molecule has 1 aliphatic rings. The van der Waals surface area contributed by atoms with Crippen molar-refractivity contribution < 1.29 is 0 Å². The monoisotopic (exact) mass is 261 g/mol. The first-order valence-corrected chi connectivity index (χ1v) is 6.89. The van der Waals surface area contributed by atoms with Crippen molar-refractivity contribution in [3.8, 4) is 0 Å². The van der Waals surface area contributed by atoms with Gasteiger partial charge in [0.2, 0.25) is 0 Å². The van der Waals surface area contributed by atoms with Crippen LogP contribution in [0.2, 0.25) is 0 Å². The summed E-state index contributed by atoms with van der Waals surface area (Å²) in [6, 6.07) is 1.82. The molecule has 0 spiro atoms. The molecule has 0 radical (unpaired) electrons. The van der Waals surface area contributed by atoms with Crippen LogP contribution in [-0.4, -0.2) is 22.0 Å². The second-order valence-electron chi connectivity index (χ2n) is 4.62. The van der Waals surface area contributed by atoms with Crippen LogP contribution in [-0.2, 0) is 6.54 Å². The Hall–Kier alpha value is -1.69. The second-order valence-corrected chi connectivity index (χ2v) is 5.34. The van der Waals surface area contributed by atoms with Crippen LogP contribution in [0.4, 0.5) is 11.6 Å². The highest BCUT2D eigenvalue weighted by Gasteiger charge is 2.27. The van der Waals surface area contributed by atoms with Crippen LogP contribution < -0.4 is 10.6 Å². The number of hydrogen-bond acceptors (Lipinski definition) is 6. The number of nitrogens with zero attached hydrogens (tertiary/aromatic N) is 4. The summed E-state index contributed by atoms with van der Waals surface area (Å²) in [5.41, 5.74) is 8.73. The largest absolute Gasteiger partial charge is 0.384 e. The van der Waals surface area contributed by atoms with Gasteiger partial charge in [-0.25, -0.2) is 15.0 Å². The number of thiazole rings is 1. The average Bonchev–Trinajstić information content (AvgIpc) is 3.08. The molecule has 0 saturated heterocycles. The third kappa shape index (κ3) is 2.43. The number of aromatic nitrogens is 3. The Labute approximate surface area is 110 Å². The summed E-state index contributed by atoms with van der Waals surface area (Å²) in [5.74, 6) is 2.82. The van der Waals surface area contributed by atoms with Gasteiger partial charge < -0.3 is 10.6 Å². The maximum atomic E-state index is 5.84. The van der Waals surface area contributed by atoms with Crippen LogP contribution >= 0.6 is 11.3 Å². The fraction of sp³-hybridized carbons (Fsp3) is 0.417. The molecule has 0 amide bonds. The number of nitrogen functional groups attached to an aromatic ring is 1. The van der Waals surface area contributed by atoms with E-state index in [4.69, 9.17) is 5.73 Å². The molecule has 6 heteroatoms. The Morgan fingerprint density at radius 3 is 2.94 bits per heavy atom. The zero-order valence-corrected chi connectivity index (χ0v) is 11.0. The topological polar surface area (TPSA) is 67.9 Å². The Bertz CT molecular complexity index is 535. The number of anilines is 2. The van der Waals surface area contributed by atoms with Crippen LogP contribution in [0.5, 0.6) is 0 Å². The summed E-state index contributed by atoms with van der Waals surface area (Å²) in [5, 5.41) is 2.04. The summed E-state index contributed by atoms with van der Waals surface area (Å²) in [6.45, 7) is 0.740. The molecule has 2 aromatic rings. The lowest BCUT2D eigenvalue weighted by atomic mass is 10.3. The minimum absolute atomic E-state index is 0.514. The molecular formula is C12H15N5S. The minimum atomic E-state index is 0.514. The first-order valence-electron chi connectivity index (χ1n) is 5.95. The molecule has 5 nitrogen and oxygen atoms in total. The quantitative estimate of drug-likeness (QED) is 0.912. The van der Waals surface area contributed by atoms with E-state index >= 15 is 0 Å². The zero-order chi connectivity index (χ0) is 12.5. The van der Waals surface area contributed by atoms with Crippen LogP contribution in [0.1, 0.15) is 30.3 Å². The summed E-state index contributed by atoms with van der Waals surface area (Å²) < 4.78 is 0. The number of hydrogen-bond donors (Lipinski definition) is 1. The molecule has 18 heavy (non-hydrogen) atoms. The van der Waals surface area contributed by atoms with Gasteiger partial charge in [-0.3, -0.25) is 0 Å². The molecule has 1 fully saturated rings. The van der Waals surface area contributed by atoms with Crippen molar-refractivity contribution in [3.63, 3.8) is 0 Å². The van der Waals surface area contributed by atoms with Crippen LogP contribution in [0.3, 0.4) is 0 Å². The van der Waals surface area contributed by atoms with Crippen molar-refractivity contribution in [3.05, 3.63) is 28.5 Å². The molecule has 2 aromatic heterocycles. The van der Waals surface area contributed by atoms with E-state index in [0.29, 0.717) is 11.7 Å². The number of rotatable bonds is 4. The zero-order valence-electron chi connectivity index (χ0n) is 10.2. The highest BCUT2D eigenvalue weighted by atomic mass is 32.1. The fourth-order valence-corrected chi connectivity index (χ4v) is 2.38. The van der Waals surface area contributed by atoms with E-state index in [1.54, 1.807) is 11.3 Å². The van der Waals surface area contributed by atoms with Crippen molar-refractivity contribution >= 4 is 23.0 Å². The molecule has 0 bridgehead atoms. The van der Waals surface area contributed by atoms with Gasteiger partial charge in [-0.1, -0.05) is 0 Å². The van der Waals surface area contributed by atoms with Gasteiger partial charge in [-0.15, -0.1) is 11.3 Å². The van der Waals surface area contributed by atoms with E-state index in [9.17, 15) is 0 Å². The molecule has 0 atom stereocenters. The lowest BCUT2D eigenvalue weighted by molar-refractivity contribution is 0.843. The molecule has 2 heterocycles.